The van der Waals surface area contributed by atoms with Gasteiger partial charge in [0.15, 0.2) is 17.2 Å². The highest BCUT2D eigenvalue weighted by atomic mass is 35.5. The van der Waals surface area contributed by atoms with Crippen LogP contribution in [0.2, 0.25) is 15.1 Å². The molecule has 0 spiro atoms. The smallest absolute Gasteiger partial charge is 0.350 e. The molecule has 0 radical (unpaired) electrons. The Morgan fingerprint density at radius 2 is 0.740 bits per heavy atom. The van der Waals surface area contributed by atoms with Crippen LogP contribution in [0.5, 0.6) is 17.2 Å². The molecule has 3 amide bonds. The highest BCUT2D eigenvalue weighted by molar-refractivity contribution is 6.36. The Morgan fingerprint density at radius 1 is 0.423 bits per heavy atom. The second-order valence-corrected chi connectivity index (χ2v) is 33.6. The monoisotopic (exact) mass is 1760 g/mol. The van der Waals surface area contributed by atoms with E-state index in [4.69, 9.17) is 49.0 Å². The Labute approximate surface area is 715 Å². The average Bonchev–Trinajstić information content (AvgIpc) is 1.65. The van der Waals surface area contributed by atoms with Crippen molar-refractivity contribution in [3.05, 3.63) is 192 Å². The molecule has 6 unspecified atom stereocenters. The van der Waals surface area contributed by atoms with Crippen molar-refractivity contribution in [2.45, 2.75) is 94.8 Å². The first-order valence-electron chi connectivity index (χ1n) is 40.7. The largest absolute Gasteiger partial charge is 0.488 e. The molecule has 36 heteroatoms. The van der Waals surface area contributed by atoms with Crippen molar-refractivity contribution in [1.82, 2.24) is 58.1 Å². The van der Waals surface area contributed by atoms with Crippen molar-refractivity contribution in [2.24, 2.45) is 0 Å². The normalized spacial score (nSPS) is 22.7. The third kappa shape index (κ3) is 16.4. The summed E-state index contributed by atoms with van der Waals surface area (Å²) in [7, 11) is 0. The first-order chi connectivity index (χ1) is 59.0. The zero-order chi connectivity index (χ0) is 87.0. The van der Waals surface area contributed by atoms with E-state index in [2.05, 4.69) is 39.6 Å². The summed E-state index contributed by atoms with van der Waals surface area (Å²) in [5, 5.41) is 2.04. The lowest BCUT2D eigenvalue weighted by Gasteiger charge is -2.41. The molecule has 9 atom stereocenters. The molecule has 0 aliphatic carbocycles. The van der Waals surface area contributed by atoms with Gasteiger partial charge in [-0.1, -0.05) is 54.5 Å². The van der Waals surface area contributed by atoms with Crippen LogP contribution in [0, 0.1) is 34.9 Å². The number of nitrogens with zero attached hydrogens (tertiary/aromatic N) is 15. The predicted molar refractivity (Wildman–Crippen MR) is 451 cm³/mol. The van der Waals surface area contributed by atoms with Crippen LogP contribution in [0.4, 0.5) is 57.0 Å². The number of halogens is 12. The molecule has 9 aromatic rings. The van der Waals surface area contributed by atoms with E-state index in [0.717, 1.165) is 56.3 Å². The van der Waals surface area contributed by atoms with E-state index in [1.165, 1.54) is 51.6 Å². The first kappa shape index (κ1) is 85.8. The van der Waals surface area contributed by atoms with Crippen LogP contribution < -0.4 is 46.0 Å². The van der Waals surface area contributed by atoms with Gasteiger partial charge in [0.2, 0.25) is 17.7 Å². The van der Waals surface area contributed by atoms with Crippen LogP contribution in [0.1, 0.15) is 58.2 Å². The van der Waals surface area contributed by atoms with Crippen molar-refractivity contribution in [2.75, 3.05) is 152 Å². The average molecular weight is 1760 g/mol. The Morgan fingerprint density at radius 3 is 1.03 bits per heavy atom. The summed E-state index contributed by atoms with van der Waals surface area (Å²) in [5.41, 5.74) is 0.343. The lowest BCUT2D eigenvalue weighted by Crippen LogP contribution is -2.54. The third-order valence-electron chi connectivity index (χ3n) is 24.5. The van der Waals surface area contributed by atoms with Gasteiger partial charge in [-0.15, -0.1) is 0 Å². The molecule has 6 saturated heterocycles. The van der Waals surface area contributed by atoms with Crippen molar-refractivity contribution in [3.63, 3.8) is 0 Å². The molecular formula is C87H87Cl3F9N15O9. The topological polar surface area (TPSA) is 213 Å². The molecule has 648 valence electrons. The maximum absolute atomic E-state index is 15.0. The van der Waals surface area contributed by atoms with Crippen LogP contribution in [-0.2, 0) is 14.4 Å². The summed E-state index contributed by atoms with van der Waals surface area (Å²) in [5.74, 6) is -3.46. The Bertz CT molecular complexity index is 5950. The number of carbonyl (C=O) groups excluding carboxylic acids is 3. The number of aromatic nitrogens is 6. The summed E-state index contributed by atoms with van der Waals surface area (Å²) in [6, 6.07) is 12.5. The Hall–Kier alpha value is -10.7. The minimum atomic E-state index is -1.63. The van der Waals surface area contributed by atoms with Crippen molar-refractivity contribution < 1.29 is 68.1 Å². The zero-order valence-electron chi connectivity index (χ0n) is 67.4. The molecule has 6 aromatic carbocycles. The predicted octanol–water partition coefficient (Wildman–Crippen LogP) is 12.6. The van der Waals surface area contributed by atoms with E-state index >= 15 is 13.2 Å². The van der Waals surface area contributed by atoms with Crippen LogP contribution in [0.3, 0.4) is 0 Å². The summed E-state index contributed by atoms with van der Waals surface area (Å²) < 4.78 is 152. The number of benzene rings is 6. The molecule has 123 heavy (non-hydrogen) atoms. The minimum absolute atomic E-state index is 0.0147. The number of hydrogen-bond acceptors (Lipinski definition) is 18. The number of carbonyl (C=O) groups is 3. The zero-order valence-corrected chi connectivity index (χ0v) is 69.6. The standard InChI is InChI=1S/C29H28ClF4N5O3.C29H29ClF3N5O3.C29H30ClF2N5O3/c1-3-24(40)37-6-7-38(15(2)10-37)28-19-9-20(30)25(18-5-4-16(31)8-21(18)32)27-26(19)39(29(41)35-28)17(14-42-27)11-36-12-22(33)23(34)13-36;1-3-24(39)36-8-9-37(16(2)12-36)28-21-11-22(30)25(20-5-4-17(31)10-23(20)33)27-26(21)38(29(40)34-28)19(15-41-27)14-35-7-6-18(32)13-35;1-3-24(38)35-10-11-36(17(2)14-35)28-21-13-22(30)25(20-7-6-18(31)12-23(20)32)27-26(21)37(29(39)33-28)19(16-40-27)15-34-8-4-5-9-34/h3-5,8-9,15,17,22-23H,1,6-7,10-14H2,2H3;3-5,10-11,16,18-19H,1,6-9,12-15H2,2H3;3,6-7,12-13,17,19H,1,4-5,8-11,14-16H2,2H3/t15-,17?,22?,23?;16-,18?,19?;17-,19?/m000/s1. The van der Waals surface area contributed by atoms with E-state index in [0.29, 0.717) is 135 Å². The van der Waals surface area contributed by atoms with E-state index in [-0.39, 0.29) is 154 Å². The van der Waals surface area contributed by atoms with E-state index in [9.17, 15) is 55.1 Å². The van der Waals surface area contributed by atoms with Gasteiger partial charge in [0.05, 0.1) is 49.7 Å². The Kier molecular flexibility index (Phi) is 24.5. The number of piperazine rings is 3. The molecule has 18 rings (SSSR count). The van der Waals surface area contributed by atoms with Crippen LogP contribution in [0.25, 0.3) is 66.1 Å². The summed E-state index contributed by atoms with van der Waals surface area (Å²) in [6.45, 7) is 23.9. The number of alkyl halides is 3. The van der Waals surface area contributed by atoms with Crippen molar-refractivity contribution in [3.8, 4) is 50.6 Å². The van der Waals surface area contributed by atoms with Crippen LogP contribution in [0.15, 0.2) is 125 Å². The van der Waals surface area contributed by atoms with E-state index in [1.54, 1.807) is 42.4 Å². The van der Waals surface area contributed by atoms with Gasteiger partial charge in [-0.25, -0.2) is 53.9 Å². The summed E-state index contributed by atoms with van der Waals surface area (Å²) in [6.07, 6.45) is 2.27. The van der Waals surface area contributed by atoms with Gasteiger partial charge < -0.3 is 48.5 Å². The maximum atomic E-state index is 15.0. The molecule has 0 N–H and O–H groups in total. The lowest BCUT2D eigenvalue weighted by atomic mass is 9.99. The number of likely N-dealkylation sites (tertiary alicyclic amines) is 3. The molecule has 6 fully saturated rings. The lowest BCUT2D eigenvalue weighted by molar-refractivity contribution is -0.127. The summed E-state index contributed by atoms with van der Waals surface area (Å²) in [4.78, 5) is 108. The molecule has 9 aliphatic heterocycles. The van der Waals surface area contributed by atoms with Crippen LogP contribution >= 0.6 is 34.8 Å². The maximum Gasteiger partial charge on any atom is 0.350 e. The van der Waals surface area contributed by atoms with Gasteiger partial charge in [-0.3, -0.25) is 37.9 Å². The number of ether oxygens (including phenoxy) is 3. The van der Waals surface area contributed by atoms with Gasteiger partial charge in [-0.05, 0) is 126 Å². The van der Waals surface area contributed by atoms with Gasteiger partial charge >= 0.3 is 17.1 Å². The molecule has 12 heterocycles. The number of amides is 3. The van der Waals surface area contributed by atoms with Crippen LogP contribution in [-0.4, -0.2) is 250 Å². The fraction of sp³-hybridized carbons (Fsp3) is 0.414. The number of anilines is 3. The fourth-order valence-electron chi connectivity index (χ4n) is 18.6. The molecule has 0 saturated carbocycles. The van der Waals surface area contributed by atoms with Gasteiger partial charge in [0, 0.05) is 191 Å². The highest BCUT2D eigenvalue weighted by Gasteiger charge is 2.43. The second kappa shape index (κ2) is 35.1. The first-order valence-corrected chi connectivity index (χ1v) is 41.9. The quantitative estimate of drug-likeness (QED) is 0.0689. The van der Waals surface area contributed by atoms with Crippen molar-refractivity contribution in [1.29, 1.82) is 0 Å². The fourth-order valence-corrected chi connectivity index (χ4v) is 19.5. The molecule has 0 bridgehead atoms. The molecule has 9 aliphatic rings. The highest BCUT2D eigenvalue weighted by Crippen LogP contribution is 2.52. The Balaban J connectivity index is 0.000000137. The van der Waals surface area contributed by atoms with Crippen molar-refractivity contribution >= 4 is 103 Å². The number of hydrogen-bond donors (Lipinski definition) is 0. The SMILES string of the molecule is C=CC(=O)N1CCN(c2nc(=O)n3c4c(c(-c5ccc(F)cc5F)c(Cl)cc24)OCC3CN2CC(F)C(F)C2)[C@@H](C)C1.C=CC(=O)N1CCN(c2nc(=O)n3c4c(c(-c5ccc(F)cc5F)c(Cl)cc24)OCC3CN2CCC(F)C2)[C@@H](C)C1.C=CC(=O)N1CCN(c2nc(=O)n3c4c(c(-c5ccc(F)cc5F)c(Cl)cc24)OCC3CN2CCCC2)[C@@H](C)C1. The number of rotatable bonds is 15. The van der Waals surface area contributed by atoms with Gasteiger partial charge in [0.1, 0.15) is 90.7 Å². The van der Waals surface area contributed by atoms with Gasteiger partial charge in [0.25, 0.3) is 0 Å². The molecule has 24 nitrogen and oxygen atoms in total. The summed E-state index contributed by atoms with van der Waals surface area (Å²) >= 11 is 20.3. The van der Waals surface area contributed by atoms with E-state index in [1.807, 2.05) is 40.4 Å². The molecule has 3 aromatic heterocycles. The third-order valence-corrected chi connectivity index (χ3v) is 25.4. The van der Waals surface area contributed by atoms with Gasteiger partial charge in [-0.2, -0.15) is 15.0 Å². The molecular weight excluding hydrogens is 1680 g/mol. The second-order valence-electron chi connectivity index (χ2n) is 32.4. The minimum Gasteiger partial charge on any atom is -0.488 e. The van der Waals surface area contributed by atoms with E-state index < -0.39 is 82.6 Å².